The number of aliphatic hydroxyl groups is 1. The molecule has 0 saturated carbocycles. The normalized spacial score (nSPS) is 11.0. The maximum atomic E-state index is 9.13. The van der Waals surface area contributed by atoms with Gasteiger partial charge in [0.2, 0.25) is 0 Å². The summed E-state index contributed by atoms with van der Waals surface area (Å²) in [7, 11) is 1.66. The van der Waals surface area contributed by atoms with Crippen molar-refractivity contribution in [3.05, 3.63) is 47.4 Å². The van der Waals surface area contributed by atoms with Gasteiger partial charge in [0.15, 0.2) is 5.82 Å². The number of nitrogens with zero attached hydrogens (tertiary/aromatic N) is 5. The summed E-state index contributed by atoms with van der Waals surface area (Å²) in [6, 6.07) is 7.95. The molecule has 2 heterocycles. The summed E-state index contributed by atoms with van der Waals surface area (Å²) >= 11 is 0. The van der Waals surface area contributed by atoms with Crippen LogP contribution in [0.5, 0.6) is 5.75 Å². The van der Waals surface area contributed by atoms with Gasteiger partial charge in [0, 0.05) is 18.7 Å². The molecule has 0 aliphatic carbocycles. The Morgan fingerprint density at radius 3 is 2.60 bits per heavy atom. The van der Waals surface area contributed by atoms with Crippen LogP contribution in [0.2, 0.25) is 0 Å². The van der Waals surface area contributed by atoms with Crippen LogP contribution >= 0.6 is 0 Å². The summed E-state index contributed by atoms with van der Waals surface area (Å²) < 4.78 is 9.13. The Balaban J connectivity index is 1.93. The van der Waals surface area contributed by atoms with Crippen molar-refractivity contribution in [2.75, 3.05) is 13.7 Å². The number of ether oxygens (including phenoxy) is 1. The second-order valence-electron chi connectivity index (χ2n) is 5.99. The molecular weight excluding hydrogens is 318 g/mol. The number of hydrogen-bond acceptors (Lipinski definition) is 5. The summed E-state index contributed by atoms with van der Waals surface area (Å²) in [4.78, 5) is 0. The molecule has 0 bridgehead atoms. The number of aromatic nitrogens is 5. The highest BCUT2D eigenvalue weighted by molar-refractivity contribution is 5.57. The molecule has 0 unspecified atom stereocenters. The van der Waals surface area contributed by atoms with Crippen molar-refractivity contribution >= 4 is 0 Å². The van der Waals surface area contributed by atoms with E-state index in [1.807, 2.05) is 47.4 Å². The second-order valence-corrected chi connectivity index (χ2v) is 5.99. The maximum Gasteiger partial charge on any atom is 0.182 e. The molecule has 1 N–H and O–H groups in total. The first kappa shape index (κ1) is 17.2. The standard InChI is InChI=1S/C18H23N5O2/c1-13-14(2)21-23(9-4-10-24)17(13)18-20-19-12-22(18)11-15-5-7-16(25-3)8-6-15/h5-8,12,24H,4,9-11H2,1-3H3. The first-order chi connectivity index (χ1) is 12.1. The lowest BCUT2D eigenvalue weighted by molar-refractivity contribution is 0.277. The fourth-order valence-electron chi connectivity index (χ4n) is 2.82. The van der Waals surface area contributed by atoms with Crippen molar-refractivity contribution in [2.45, 2.75) is 33.4 Å². The minimum atomic E-state index is 0.135. The number of benzene rings is 1. The van der Waals surface area contributed by atoms with Gasteiger partial charge in [0.1, 0.15) is 17.8 Å². The monoisotopic (exact) mass is 341 g/mol. The molecule has 0 amide bonds. The molecule has 2 aromatic heterocycles. The maximum absolute atomic E-state index is 9.13. The smallest absolute Gasteiger partial charge is 0.182 e. The molecule has 1 aromatic carbocycles. The van der Waals surface area contributed by atoms with E-state index in [4.69, 9.17) is 9.84 Å². The summed E-state index contributed by atoms with van der Waals surface area (Å²) in [6.45, 7) is 5.47. The van der Waals surface area contributed by atoms with E-state index >= 15 is 0 Å². The van der Waals surface area contributed by atoms with Crippen LogP contribution in [-0.4, -0.2) is 43.4 Å². The molecule has 3 rings (SSSR count). The first-order valence-corrected chi connectivity index (χ1v) is 8.30. The average Bonchev–Trinajstić information content (AvgIpc) is 3.18. The lowest BCUT2D eigenvalue weighted by Gasteiger charge is -2.10. The van der Waals surface area contributed by atoms with Crippen LogP contribution in [0.25, 0.3) is 11.5 Å². The zero-order valence-electron chi connectivity index (χ0n) is 14.8. The van der Waals surface area contributed by atoms with E-state index < -0.39 is 0 Å². The van der Waals surface area contributed by atoms with Gasteiger partial charge >= 0.3 is 0 Å². The summed E-state index contributed by atoms with van der Waals surface area (Å²) in [5.41, 5.74) is 4.14. The Morgan fingerprint density at radius 1 is 1.16 bits per heavy atom. The molecule has 0 atom stereocenters. The Bertz CT molecular complexity index is 836. The third-order valence-corrected chi connectivity index (χ3v) is 4.29. The Labute approximate surface area is 146 Å². The van der Waals surface area contributed by atoms with E-state index in [1.165, 1.54) is 0 Å². The van der Waals surface area contributed by atoms with E-state index in [9.17, 15) is 0 Å². The molecule has 25 heavy (non-hydrogen) atoms. The Morgan fingerprint density at radius 2 is 1.92 bits per heavy atom. The average molecular weight is 341 g/mol. The highest BCUT2D eigenvalue weighted by Gasteiger charge is 2.18. The van der Waals surface area contributed by atoms with Crippen LogP contribution in [0, 0.1) is 13.8 Å². The van der Waals surface area contributed by atoms with Crippen LogP contribution in [-0.2, 0) is 13.1 Å². The van der Waals surface area contributed by atoms with Gasteiger partial charge in [0.25, 0.3) is 0 Å². The quantitative estimate of drug-likeness (QED) is 0.713. The predicted molar refractivity (Wildman–Crippen MR) is 94.5 cm³/mol. The fraction of sp³-hybridized carbons (Fsp3) is 0.389. The van der Waals surface area contributed by atoms with Crippen LogP contribution in [0.4, 0.5) is 0 Å². The molecule has 0 radical (unpaired) electrons. The van der Waals surface area contributed by atoms with E-state index in [1.54, 1.807) is 13.4 Å². The number of methoxy groups -OCH3 is 1. The highest BCUT2D eigenvalue weighted by Crippen LogP contribution is 2.25. The van der Waals surface area contributed by atoms with Gasteiger partial charge in [-0.1, -0.05) is 12.1 Å². The number of aliphatic hydroxyl groups excluding tert-OH is 1. The first-order valence-electron chi connectivity index (χ1n) is 8.30. The zero-order valence-corrected chi connectivity index (χ0v) is 14.8. The molecule has 0 spiro atoms. The van der Waals surface area contributed by atoms with Gasteiger partial charge in [-0.2, -0.15) is 5.10 Å². The van der Waals surface area contributed by atoms with Crippen molar-refractivity contribution < 1.29 is 9.84 Å². The minimum absolute atomic E-state index is 0.135. The van der Waals surface area contributed by atoms with Crippen LogP contribution in [0.3, 0.4) is 0 Å². The van der Waals surface area contributed by atoms with Gasteiger partial charge in [-0.3, -0.25) is 4.68 Å². The van der Waals surface area contributed by atoms with Crippen LogP contribution < -0.4 is 4.74 Å². The molecule has 7 nitrogen and oxygen atoms in total. The SMILES string of the molecule is COc1ccc(Cn2cnnc2-c2c(C)c(C)nn2CCCO)cc1. The van der Waals surface area contributed by atoms with E-state index in [-0.39, 0.29) is 6.61 Å². The summed E-state index contributed by atoms with van der Waals surface area (Å²) in [5.74, 6) is 1.62. The molecule has 0 aliphatic rings. The molecule has 132 valence electrons. The van der Waals surface area contributed by atoms with Crippen molar-refractivity contribution in [1.29, 1.82) is 0 Å². The van der Waals surface area contributed by atoms with Gasteiger partial charge in [-0.15, -0.1) is 10.2 Å². The lowest BCUT2D eigenvalue weighted by Crippen LogP contribution is -2.09. The fourth-order valence-corrected chi connectivity index (χ4v) is 2.82. The number of hydrogen-bond donors (Lipinski definition) is 1. The summed E-state index contributed by atoms with van der Waals surface area (Å²) in [5, 5.41) is 22.1. The number of aryl methyl sites for hydroxylation is 2. The van der Waals surface area contributed by atoms with Gasteiger partial charge in [-0.05, 0) is 38.0 Å². The van der Waals surface area contributed by atoms with Gasteiger partial charge < -0.3 is 14.4 Å². The lowest BCUT2D eigenvalue weighted by atomic mass is 10.2. The van der Waals surface area contributed by atoms with Gasteiger partial charge in [-0.25, -0.2) is 0 Å². The van der Waals surface area contributed by atoms with Crippen molar-refractivity contribution in [1.82, 2.24) is 24.5 Å². The van der Waals surface area contributed by atoms with E-state index in [0.717, 1.165) is 34.1 Å². The van der Waals surface area contributed by atoms with Crippen molar-refractivity contribution in [3.63, 3.8) is 0 Å². The van der Waals surface area contributed by atoms with Crippen molar-refractivity contribution in [3.8, 4) is 17.3 Å². The molecule has 3 aromatic rings. The molecular formula is C18H23N5O2. The van der Waals surface area contributed by atoms with Crippen LogP contribution in [0.15, 0.2) is 30.6 Å². The third kappa shape index (κ3) is 3.56. The minimum Gasteiger partial charge on any atom is -0.497 e. The van der Waals surface area contributed by atoms with Crippen LogP contribution in [0.1, 0.15) is 23.2 Å². The number of rotatable bonds is 7. The molecule has 0 aliphatic heterocycles. The van der Waals surface area contributed by atoms with E-state index in [2.05, 4.69) is 15.3 Å². The third-order valence-electron chi connectivity index (χ3n) is 4.29. The zero-order chi connectivity index (χ0) is 17.8. The topological polar surface area (TPSA) is 78.0 Å². The Hall–Kier alpha value is -2.67. The second kappa shape index (κ2) is 7.48. The largest absolute Gasteiger partial charge is 0.497 e. The predicted octanol–water partition coefficient (Wildman–Crippen LogP) is 2.20. The molecule has 0 fully saturated rings. The molecule has 7 heteroatoms. The Kier molecular flexibility index (Phi) is 5.14. The van der Waals surface area contributed by atoms with Gasteiger partial charge in [0.05, 0.1) is 19.3 Å². The van der Waals surface area contributed by atoms with E-state index in [0.29, 0.717) is 19.5 Å². The molecule has 0 saturated heterocycles. The summed E-state index contributed by atoms with van der Waals surface area (Å²) in [6.07, 6.45) is 2.39. The van der Waals surface area contributed by atoms with Crippen molar-refractivity contribution in [2.24, 2.45) is 0 Å². The highest BCUT2D eigenvalue weighted by atomic mass is 16.5.